The Morgan fingerprint density at radius 1 is 1.50 bits per heavy atom. The number of carbonyl (C=O) groups excluding carboxylic acids is 1. The van der Waals surface area contributed by atoms with Gasteiger partial charge in [-0.3, -0.25) is 14.9 Å². The molecule has 1 rings (SSSR count). The molecule has 0 aliphatic carbocycles. The third-order valence-corrected chi connectivity index (χ3v) is 2.94. The summed E-state index contributed by atoms with van der Waals surface area (Å²) in [5.41, 5.74) is 0.482. The van der Waals surface area contributed by atoms with Crippen molar-refractivity contribution < 1.29 is 14.8 Å². The minimum Gasteiger partial charge on any atom is -0.395 e. The molecule has 0 aromatic heterocycles. The zero-order valence-corrected chi connectivity index (χ0v) is 11.8. The summed E-state index contributed by atoms with van der Waals surface area (Å²) in [6.45, 7) is 3.95. The van der Waals surface area contributed by atoms with Gasteiger partial charge < -0.3 is 15.3 Å². The van der Waals surface area contributed by atoms with Crippen molar-refractivity contribution in [1.29, 1.82) is 0 Å². The molecule has 0 atom stereocenters. The first kappa shape index (κ1) is 15.9. The second kappa shape index (κ2) is 6.85. The number of aliphatic hydroxyl groups is 1. The molecule has 0 saturated carbocycles. The lowest BCUT2D eigenvalue weighted by Crippen LogP contribution is -2.34. The van der Waals surface area contributed by atoms with Gasteiger partial charge in [0, 0.05) is 31.3 Å². The van der Waals surface area contributed by atoms with E-state index in [4.69, 9.17) is 5.11 Å². The summed E-state index contributed by atoms with van der Waals surface area (Å²) in [5, 5.41) is 22.7. The number of benzene rings is 1. The summed E-state index contributed by atoms with van der Waals surface area (Å²) in [5.74, 6) is -0.377. The van der Waals surface area contributed by atoms with Crippen LogP contribution in [0.5, 0.6) is 0 Å². The fourth-order valence-corrected chi connectivity index (χ4v) is 1.96. The first-order valence-electron chi connectivity index (χ1n) is 6.30. The molecule has 110 valence electrons. The van der Waals surface area contributed by atoms with Crippen molar-refractivity contribution in [2.45, 2.75) is 19.9 Å². The summed E-state index contributed by atoms with van der Waals surface area (Å²) in [6, 6.07) is 4.32. The van der Waals surface area contributed by atoms with Gasteiger partial charge in [0.25, 0.3) is 11.6 Å². The topological polar surface area (TPSA) is 95.7 Å². The van der Waals surface area contributed by atoms with Crippen LogP contribution in [0.15, 0.2) is 18.2 Å². The first-order valence-corrected chi connectivity index (χ1v) is 6.30. The summed E-state index contributed by atoms with van der Waals surface area (Å²) in [7, 11) is 1.47. The predicted molar refractivity (Wildman–Crippen MR) is 76.1 cm³/mol. The fraction of sp³-hybridized carbons (Fsp3) is 0.462. The molecule has 0 unspecified atom stereocenters. The highest BCUT2D eigenvalue weighted by molar-refractivity contribution is 5.95. The highest BCUT2D eigenvalue weighted by Gasteiger charge is 2.23. The number of anilines is 1. The van der Waals surface area contributed by atoms with Gasteiger partial charge in [-0.2, -0.15) is 0 Å². The number of hydrogen-bond donors (Lipinski definition) is 2. The van der Waals surface area contributed by atoms with E-state index >= 15 is 0 Å². The molecule has 0 aliphatic rings. The van der Waals surface area contributed by atoms with Crippen molar-refractivity contribution in [2.75, 3.05) is 25.1 Å². The molecule has 1 amide bonds. The standard InChI is InChI=1S/C13H19N3O4/c1-9(2)15(6-7-17)11-5-4-10(13(18)14-3)8-12(11)16(19)20/h4-5,8-9,17H,6-7H2,1-3H3,(H,14,18). The van der Waals surface area contributed by atoms with E-state index in [-0.39, 0.29) is 36.4 Å². The molecule has 0 aliphatic heterocycles. The van der Waals surface area contributed by atoms with Crippen LogP contribution in [0.1, 0.15) is 24.2 Å². The van der Waals surface area contributed by atoms with Crippen molar-refractivity contribution in [1.82, 2.24) is 5.32 Å². The molecule has 0 spiro atoms. The molecule has 7 nitrogen and oxygen atoms in total. The Morgan fingerprint density at radius 2 is 2.15 bits per heavy atom. The van der Waals surface area contributed by atoms with E-state index in [0.29, 0.717) is 5.69 Å². The lowest BCUT2D eigenvalue weighted by atomic mass is 10.1. The molecule has 0 fully saturated rings. The number of nitro benzene ring substituents is 1. The van der Waals surface area contributed by atoms with Gasteiger partial charge in [0.05, 0.1) is 11.5 Å². The number of aliphatic hydroxyl groups excluding tert-OH is 1. The second-order valence-corrected chi connectivity index (χ2v) is 4.55. The van der Waals surface area contributed by atoms with Gasteiger partial charge in [-0.05, 0) is 26.0 Å². The molecule has 0 radical (unpaired) electrons. The number of nitro groups is 1. The van der Waals surface area contributed by atoms with E-state index < -0.39 is 4.92 Å². The zero-order chi connectivity index (χ0) is 15.3. The van der Waals surface area contributed by atoms with Gasteiger partial charge in [0.1, 0.15) is 5.69 Å². The normalized spacial score (nSPS) is 10.4. The maximum atomic E-state index is 11.5. The molecule has 7 heteroatoms. The van der Waals surface area contributed by atoms with E-state index in [9.17, 15) is 14.9 Å². The van der Waals surface area contributed by atoms with Crippen LogP contribution in [0.3, 0.4) is 0 Å². The van der Waals surface area contributed by atoms with Crippen LogP contribution >= 0.6 is 0 Å². The highest BCUT2D eigenvalue weighted by atomic mass is 16.6. The second-order valence-electron chi connectivity index (χ2n) is 4.55. The lowest BCUT2D eigenvalue weighted by molar-refractivity contribution is -0.384. The van der Waals surface area contributed by atoms with Crippen molar-refractivity contribution in [3.63, 3.8) is 0 Å². The van der Waals surface area contributed by atoms with Gasteiger partial charge in [-0.15, -0.1) is 0 Å². The number of nitrogens with zero attached hydrogens (tertiary/aromatic N) is 2. The number of nitrogens with one attached hydrogen (secondary N) is 1. The molecular weight excluding hydrogens is 262 g/mol. The van der Waals surface area contributed by atoms with E-state index in [0.717, 1.165) is 0 Å². The van der Waals surface area contributed by atoms with Crippen molar-refractivity contribution in [3.8, 4) is 0 Å². The van der Waals surface area contributed by atoms with Crippen LogP contribution in [0.4, 0.5) is 11.4 Å². The number of hydrogen-bond acceptors (Lipinski definition) is 5. The average molecular weight is 281 g/mol. The Balaban J connectivity index is 3.31. The van der Waals surface area contributed by atoms with Crippen molar-refractivity contribution in [3.05, 3.63) is 33.9 Å². The smallest absolute Gasteiger partial charge is 0.293 e. The molecule has 1 aromatic carbocycles. The lowest BCUT2D eigenvalue weighted by Gasteiger charge is -2.27. The van der Waals surface area contributed by atoms with Crippen LogP contribution < -0.4 is 10.2 Å². The molecule has 2 N–H and O–H groups in total. The summed E-state index contributed by atoms with van der Waals surface area (Å²) in [4.78, 5) is 24.0. The summed E-state index contributed by atoms with van der Waals surface area (Å²) >= 11 is 0. The minimum absolute atomic E-state index is 0.00768. The Kier molecular flexibility index (Phi) is 5.45. The average Bonchev–Trinajstić information content (AvgIpc) is 2.42. The molecule has 20 heavy (non-hydrogen) atoms. The molecule has 1 aromatic rings. The third kappa shape index (κ3) is 3.45. The predicted octanol–water partition coefficient (Wildman–Crippen LogP) is 1.16. The first-order chi connectivity index (χ1) is 9.42. The summed E-state index contributed by atoms with van der Waals surface area (Å²) in [6.07, 6.45) is 0. The quantitative estimate of drug-likeness (QED) is 0.602. The van der Waals surface area contributed by atoms with E-state index in [1.54, 1.807) is 11.0 Å². The van der Waals surface area contributed by atoms with Crippen LogP contribution in [0.25, 0.3) is 0 Å². The minimum atomic E-state index is -0.519. The zero-order valence-electron chi connectivity index (χ0n) is 11.8. The number of rotatable bonds is 6. The van der Waals surface area contributed by atoms with Crippen LogP contribution in [-0.2, 0) is 0 Å². The van der Waals surface area contributed by atoms with E-state index in [2.05, 4.69) is 5.32 Å². The van der Waals surface area contributed by atoms with Gasteiger partial charge >= 0.3 is 0 Å². The van der Waals surface area contributed by atoms with Crippen LogP contribution in [0, 0.1) is 10.1 Å². The molecule has 0 saturated heterocycles. The Labute approximate surface area is 117 Å². The number of carbonyl (C=O) groups is 1. The maximum absolute atomic E-state index is 11.5. The van der Waals surface area contributed by atoms with E-state index in [1.807, 2.05) is 13.8 Å². The van der Waals surface area contributed by atoms with Gasteiger partial charge in [-0.25, -0.2) is 0 Å². The molecule has 0 heterocycles. The van der Waals surface area contributed by atoms with Crippen LogP contribution in [0.2, 0.25) is 0 Å². The van der Waals surface area contributed by atoms with Crippen molar-refractivity contribution >= 4 is 17.3 Å². The Bertz CT molecular complexity index is 502. The van der Waals surface area contributed by atoms with Crippen LogP contribution in [-0.4, -0.2) is 42.2 Å². The Hall–Kier alpha value is -2.15. The molecule has 0 bridgehead atoms. The van der Waals surface area contributed by atoms with Gasteiger partial charge in [-0.1, -0.05) is 0 Å². The maximum Gasteiger partial charge on any atom is 0.293 e. The summed E-state index contributed by atoms with van der Waals surface area (Å²) < 4.78 is 0. The number of amides is 1. The van der Waals surface area contributed by atoms with E-state index in [1.165, 1.54) is 19.2 Å². The SMILES string of the molecule is CNC(=O)c1ccc(N(CCO)C(C)C)c([N+](=O)[O-])c1. The van der Waals surface area contributed by atoms with Crippen molar-refractivity contribution in [2.24, 2.45) is 0 Å². The van der Waals surface area contributed by atoms with Gasteiger partial charge in [0.15, 0.2) is 0 Å². The fourth-order valence-electron chi connectivity index (χ4n) is 1.96. The highest BCUT2D eigenvalue weighted by Crippen LogP contribution is 2.30. The third-order valence-electron chi connectivity index (χ3n) is 2.94. The monoisotopic (exact) mass is 281 g/mol. The Morgan fingerprint density at radius 3 is 2.60 bits per heavy atom. The molecular formula is C13H19N3O4. The largest absolute Gasteiger partial charge is 0.395 e. The van der Waals surface area contributed by atoms with Gasteiger partial charge in [0.2, 0.25) is 0 Å².